The van der Waals surface area contributed by atoms with Crippen LogP contribution in [-0.4, -0.2) is 18.2 Å². The minimum Gasteiger partial charge on any atom is -0.451 e. The van der Waals surface area contributed by atoms with Gasteiger partial charge in [-0.25, -0.2) is 9.18 Å². The molecule has 1 rings (SSSR count). The number of thioether (sulfide) groups is 1. The minimum absolute atomic E-state index is 0.294. The number of halogens is 1. The zero-order chi connectivity index (χ0) is 11.1. The van der Waals surface area contributed by atoms with E-state index in [0.29, 0.717) is 5.94 Å². The van der Waals surface area contributed by atoms with E-state index < -0.39 is 5.97 Å². The molecule has 0 fully saturated rings. The molecule has 1 aromatic carbocycles. The summed E-state index contributed by atoms with van der Waals surface area (Å²) in [6.07, 6.45) is 4.75. The lowest BCUT2D eigenvalue weighted by atomic mass is 10.2. The molecular weight excluding hydrogens is 215 g/mol. The molecule has 0 amide bonds. The monoisotopic (exact) mass is 226 g/mol. The molecular formula is C11H11FO2S. The molecule has 0 aliphatic carbocycles. The summed E-state index contributed by atoms with van der Waals surface area (Å²) in [5.41, 5.74) is 0.762. The Labute approximate surface area is 92.1 Å². The molecule has 80 valence electrons. The van der Waals surface area contributed by atoms with Crippen molar-refractivity contribution in [1.82, 2.24) is 0 Å². The van der Waals surface area contributed by atoms with E-state index in [9.17, 15) is 9.18 Å². The zero-order valence-corrected chi connectivity index (χ0v) is 9.09. The molecule has 0 aliphatic rings. The normalized spacial score (nSPS) is 10.5. The number of hydrogen-bond donors (Lipinski definition) is 0. The largest absolute Gasteiger partial charge is 0.451 e. The summed E-state index contributed by atoms with van der Waals surface area (Å²) in [6, 6.07) is 5.86. The van der Waals surface area contributed by atoms with E-state index >= 15 is 0 Å². The van der Waals surface area contributed by atoms with Gasteiger partial charge in [-0.3, -0.25) is 0 Å². The Hall–Kier alpha value is -1.29. The van der Waals surface area contributed by atoms with Gasteiger partial charge in [-0.2, -0.15) is 0 Å². The molecule has 0 saturated carbocycles. The lowest BCUT2D eigenvalue weighted by Gasteiger charge is -1.97. The molecule has 0 aromatic heterocycles. The third-order valence-electron chi connectivity index (χ3n) is 1.60. The summed E-state index contributed by atoms with van der Waals surface area (Å²) in [7, 11) is 0. The Bertz CT molecular complexity index is 346. The molecule has 0 radical (unpaired) electrons. The molecule has 0 bridgehead atoms. The highest BCUT2D eigenvalue weighted by Crippen LogP contribution is 2.05. The van der Waals surface area contributed by atoms with Gasteiger partial charge in [0.05, 0.1) is 0 Å². The van der Waals surface area contributed by atoms with Gasteiger partial charge in [-0.1, -0.05) is 12.1 Å². The number of ether oxygens (including phenoxy) is 1. The molecule has 0 unspecified atom stereocenters. The van der Waals surface area contributed by atoms with Crippen LogP contribution in [0.2, 0.25) is 0 Å². The lowest BCUT2D eigenvalue weighted by Crippen LogP contribution is -1.98. The molecule has 15 heavy (non-hydrogen) atoms. The smallest absolute Gasteiger partial charge is 0.331 e. The Kier molecular flexibility index (Phi) is 4.90. The number of carbonyl (C=O) groups excluding carboxylic acids is 1. The van der Waals surface area contributed by atoms with Gasteiger partial charge in [-0.15, -0.1) is 11.8 Å². The van der Waals surface area contributed by atoms with Crippen molar-refractivity contribution < 1.29 is 13.9 Å². The van der Waals surface area contributed by atoms with Crippen LogP contribution in [0.25, 0.3) is 6.08 Å². The first-order chi connectivity index (χ1) is 7.22. The molecule has 4 heteroatoms. The van der Waals surface area contributed by atoms with Crippen LogP contribution in [0.3, 0.4) is 0 Å². The van der Waals surface area contributed by atoms with Crippen LogP contribution in [0.15, 0.2) is 30.3 Å². The fraction of sp³-hybridized carbons (Fsp3) is 0.182. The second-order valence-corrected chi connectivity index (χ2v) is 3.57. The SMILES string of the molecule is CSCOC(=O)C=Cc1ccc(F)cc1. The standard InChI is InChI=1S/C11H11FO2S/c1-15-8-14-11(13)7-4-9-2-5-10(12)6-3-9/h2-7H,8H2,1H3. The Morgan fingerprint density at radius 2 is 2.13 bits per heavy atom. The average Bonchev–Trinajstić information content (AvgIpc) is 2.25. The van der Waals surface area contributed by atoms with Crippen molar-refractivity contribution >= 4 is 23.8 Å². The van der Waals surface area contributed by atoms with Crippen LogP contribution in [0, 0.1) is 5.82 Å². The highest BCUT2D eigenvalue weighted by Gasteiger charge is 1.95. The molecule has 0 spiro atoms. The van der Waals surface area contributed by atoms with Crippen molar-refractivity contribution in [2.45, 2.75) is 0 Å². The summed E-state index contributed by atoms with van der Waals surface area (Å²) in [5.74, 6) is -0.349. The van der Waals surface area contributed by atoms with E-state index in [1.807, 2.05) is 6.26 Å². The molecule has 2 nitrogen and oxygen atoms in total. The zero-order valence-electron chi connectivity index (χ0n) is 8.27. The predicted molar refractivity (Wildman–Crippen MR) is 59.9 cm³/mol. The van der Waals surface area contributed by atoms with E-state index in [1.165, 1.54) is 30.0 Å². The van der Waals surface area contributed by atoms with Crippen molar-refractivity contribution in [2.75, 3.05) is 12.2 Å². The minimum atomic E-state index is -0.395. The van der Waals surface area contributed by atoms with E-state index in [2.05, 4.69) is 0 Å². The van der Waals surface area contributed by atoms with Crippen LogP contribution in [-0.2, 0) is 9.53 Å². The van der Waals surface area contributed by atoms with Gasteiger partial charge in [-0.05, 0) is 30.0 Å². The van der Waals surface area contributed by atoms with Crippen molar-refractivity contribution in [3.05, 3.63) is 41.7 Å². The van der Waals surface area contributed by atoms with E-state index in [4.69, 9.17) is 4.74 Å². The van der Waals surface area contributed by atoms with Crippen LogP contribution >= 0.6 is 11.8 Å². The molecule has 0 aliphatic heterocycles. The molecule has 0 N–H and O–H groups in total. The predicted octanol–water partition coefficient (Wildman–Crippen LogP) is 2.70. The van der Waals surface area contributed by atoms with Crippen LogP contribution in [0.4, 0.5) is 4.39 Å². The first-order valence-corrected chi connectivity index (χ1v) is 5.71. The third kappa shape index (κ3) is 4.65. The van der Waals surface area contributed by atoms with Crippen molar-refractivity contribution in [1.29, 1.82) is 0 Å². The van der Waals surface area contributed by atoms with Gasteiger partial charge in [0.2, 0.25) is 0 Å². The highest BCUT2D eigenvalue weighted by atomic mass is 32.2. The van der Waals surface area contributed by atoms with Crippen molar-refractivity contribution in [3.63, 3.8) is 0 Å². The topological polar surface area (TPSA) is 26.3 Å². The van der Waals surface area contributed by atoms with E-state index in [1.54, 1.807) is 18.2 Å². The van der Waals surface area contributed by atoms with E-state index in [-0.39, 0.29) is 5.82 Å². The quantitative estimate of drug-likeness (QED) is 0.448. The maximum absolute atomic E-state index is 12.5. The maximum atomic E-state index is 12.5. The van der Waals surface area contributed by atoms with Gasteiger partial charge in [0.1, 0.15) is 11.8 Å². The number of rotatable bonds is 4. The first kappa shape index (κ1) is 11.8. The van der Waals surface area contributed by atoms with Gasteiger partial charge in [0, 0.05) is 6.08 Å². The van der Waals surface area contributed by atoms with Crippen LogP contribution in [0.5, 0.6) is 0 Å². The number of esters is 1. The van der Waals surface area contributed by atoms with Gasteiger partial charge < -0.3 is 4.74 Å². The van der Waals surface area contributed by atoms with Gasteiger partial charge in [0.25, 0.3) is 0 Å². The number of carbonyl (C=O) groups is 1. The molecule has 0 heterocycles. The summed E-state index contributed by atoms with van der Waals surface area (Å²) >= 11 is 1.43. The van der Waals surface area contributed by atoms with Gasteiger partial charge in [0.15, 0.2) is 0 Å². The summed E-state index contributed by atoms with van der Waals surface area (Å²) in [5, 5.41) is 0. The lowest BCUT2D eigenvalue weighted by molar-refractivity contribution is -0.135. The molecule has 0 saturated heterocycles. The van der Waals surface area contributed by atoms with Crippen LogP contribution < -0.4 is 0 Å². The Morgan fingerprint density at radius 1 is 1.47 bits per heavy atom. The fourth-order valence-corrected chi connectivity index (χ4v) is 1.14. The van der Waals surface area contributed by atoms with Crippen molar-refractivity contribution in [3.8, 4) is 0 Å². The Morgan fingerprint density at radius 3 is 2.73 bits per heavy atom. The fourth-order valence-electron chi connectivity index (χ4n) is 0.903. The second-order valence-electron chi connectivity index (χ2n) is 2.75. The van der Waals surface area contributed by atoms with Crippen molar-refractivity contribution in [2.24, 2.45) is 0 Å². The molecule has 1 aromatic rings. The first-order valence-electron chi connectivity index (χ1n) is 4.31. The summed E-state index contributed by atoms with van der Waals surface area (Å²) < 4.78 is 17.3. The maximum Gasteiger partial charge on any atom is 0.331 e. The summed E-state index contributed by atoms with van der Waals surface area (Å²) in [6.45, 7) is 0. The average molecular weight is 226 g/mol. The molecule has 0 atom stereocenters. The highest BCUT2D eigenvalue weighted by molar-refractivity contribution is 7.98. The number of hydrogen-bond acceptors (Lipinski definition) is 3. The van der Waals surface area contributed by atoms with E-state index in [0.717, 1.165) is 5.56 Å². The number of benzene rings is 1. The Balaban J connectivity index is 2.50. The third-order valence-corrected chi connectivity index (χ3v) is 1.95. The van der Waals surface area contributed by atoms with Gasteiger partial charge >= 0.3 is 5.97 Å². The van der Waals surface area contributed by atoms with Crippen LogP contribution in [0.1, 0.15) is 5.56 Å². The summed E-state index contributed by atoms with van der Waals surface area (Å²) in [4.78, 5) is 11.0. The second kappa shape index (κ2) is 6.24.